The van der Waals surface area contributed by atoms with Crippen LogP contribution in [0.25, 0.3) is 0 Å². The molecule has 10 heteroatoms. The highest BCUT2D eigenvalue weighted by Crippen LogP contribution is 2.15. The second-order valence-electron chi connectivity index (χ2n) is 5.01. The number of amides is 2. The molecule has 0 aliphatic heterocycles. The average Bonchev–Trinajstić information content (AvgIpc) is 3.05. The van der Waals surface area contributed by atoms with E-state index in [1.165, 1.54) is 0 Å². The van der Waals surface area contributed by atoms with Crippen molar-refractivity contribution in [2.45, 2.75) is 19.0 Å². The van der Waals surface area contributed by atoms with Crippen molar-refractivity contribution in [2.24, 2.45) is 0 Å². The molecule has 1 heterocycles. The molecule has 0 fully saturated rings. The minimum atomic E-state index is -0.383. The van der Waals surface area contributed by atoms with Crippen molar-refractivity contribution in [3.63, 3.8) is 0 Å². The maximum absolute atomic E-state index is 12.1. The van der Waals surface area contributed by atoms with E-state index in [9.17, 15) is 9.59 Å². The molecule has 0 radical (unpaired) electrons. The standard InChI is InChI=1S/C15H21N7O2S/c1-3-22(4-2)11-7-5-10(6-8-11)13(24)19-18-12(23)9-25-15-17-14(16)20-21-15/h5-8H,3-4,9H2,1-2H3,(H,18,23)(H,19,24)(H3,16,17,20,21). The maximum atomic E-state index is 12.1. The van der Waals surface area contributed by atoms with Crippen molar-refractivity contribution < 1.29 is 9.59 Å². The minimum absolute atomic E-state index is 0.0540. The van der Waals surface area contributed by atoms with E-state index in [0.717, 1.165) is 30.5 Å². The number of aromatic nitrogens is 3. The van der Waals surface area contributed by atoms with Crippen molar-refractivity contribution in [3.05, 3.63) is 29.8 Å². The number of nitrogens with two attached hydrogens (primary N) is 1. The zero-order valence-electron chi connectivity index (χ0n) is 14.1. The molecule has 0 aliphatic rings. The number of nitrogens with zero attached hydrogens (tertiary/aromatic N) is 3. The molecule has 2 rings (SSSR count). The second-order valence-corrected chi connectivity index (χ2v) is 5.96. The Hall–Kier alpha value is -2.75. The van der Waals surface area contributed by atoms with Gasteiger partial charge >= 0.3 is 0 Å². The van der Waals surface area contributed by atoms with Gasteiger partial charge in [-0.05, 0) is 38.1 Å². The quantitative estimate of drug-likeness (QED) is 0.423. The van der Waals surface area contributed by atoms with Crippen molar-refractivity contribution in [2.75, 3.05) is 29.5 Å². The van der Waals surface area contributed by atoms with E-state index >= 15 is 0 Å². The summed E-state index contributed by atoms with van der Waals surface area (Å²) in [4.78, 5) is 29.8. The van der Waals surface area contributed by atoms with Gasteiger partial charge in [-0.25, -0.2) is 5.10 Å². The predicted octanol–water partition coefficient (Wildman–Crippen LogP) is 0.786. The summed E-state index contributed by atoms with van der Waals surface area (Å²) in [6.07, 6.45) is 0. The number of hydrogen-bond acceptors (Lipinski definition) is 7. The molecule has 0 saturated heterocycles. The van der Waals surface area contributed by atoms with Crippen molar-refractivity contribution in [3.8, 4) is 0 Å². The van der Waals surface area contributed by atoms with Gasteiger partial charge in [0.05, 0.1) is 5.75 Å². The number of rotatable bonds is 7. The average molecular weight is 363 g/mol. The van der Waals surface area contributed by atoms with Crippen LogP contribution in [-0.2, 0) is 4.79 Å². The highest BCUT2D eigenvalue weighted by Gasteiger charge is 2.10. The normalized spacial score (nSPS) is 10.3. The summed E-state index contributed by atoms with van der Waals surface area (Å²) in [5, 5.41) is 6.64. The van der Waals surface area contributed by atoms with Gasteiger partial charge in [0.1, 0.15) is 0 Å². The first-order chi connectivity index (χ1) is 12.0. The van der Waals surface area contributed by atoms with Crippen LogP contribution in [0.5, 0.6) is 0 Å². The Kier molecular flexibility index (Phi) is 6.63. The van der Waals surface area contributed by atoms with E-state index in [1.54, 1.807) is 12.1 Å². The smallest absolute Gasteiger partial charge is 0.269 e. The molecule has 0 bridgehead atoms. The van der Waals surface area contributed by atoms with Gasteiger partial charge < -0.3 is 10.6 Å². The lowest BCUT2D eigenvalue weighted by Gasteiger charge is -2.21. The number of hydrazine groups is 1. The fourth-order valence-electron chi connectivity index (χ4n) is 2.10. The van der Waals surface area contributed by atoms with Gasteiger partial charge in [-0.15, -0.1) is 5.10 Å². The molecule has 134 valence electrons. The van der Waals surface area contributed by atoms with Crippen LogP contribution < -0.4 is 21.5 Å². The van der Waals surface area contributed by atoms with E-state index < -0.39 is 0 Å². The first-order valence-corrected chi connectivity index (χ1v) is 8.76. The summed E-state index contributed by atoms with van der Waals surface area (Å²) in [6, 6.07) is 7.21. The number of thioether (sulfide) groups is 1. The number of carbonyl (C=O) groups excluding carboxylic acids is 2. The minimum Gasteiger partial charge on any atom is -0.372 e. The zero-order chi connectivity index (χ0) is 18.2. The molecular weight excluding hydrogens is 342 g/mol. The number of anilines is 2. The zero-order valence-corrected chi connectivity index (χ0v) is 14.9. The largest absolute Gasteiger partial charge is 0.372 e. The molecule has 25 heavy (non-hydrogen) atoms. The molecule has 0 aliphatic carbocycles. The number of aromatic amines is 1. The summed E-state index contributed by atoms with van der Waals surface area (Å²) in [6.45, 7) is 5.94. The van der Waals surface area contributed by atoms with Gasteiger partial charge in [0.15, 0.2) is 0 Å². The van der Waals surface area contributed by atoms with Crippen molar-refractivity contribution in [1.82, 2.24) is 26.0 Å². The summed E-state index contributed by atoms with van der Waals surface area (Å²) in [5.41, 5.74) is 11.6. The van der Waals surface area contributed by atoms with Crippen LogP contribution in [0.15, 0.2) is 29.4 Å². The Morgan fingerprint density at radius 1 is 1.20 bits per heavy atom. The van der Waals surface area contributed by atoms with Crippen LogP contribution >= 0.6 is 11.8 Å². The third-order valence-electron chi connectivity index (χ3n) is 3.39. The lowest BCUT2D eigenvalue weighted by molar-refractivity contribution is -0.119. The van der Waals surface area contributed by atoms with Gasteiger partial charge in [0, 0.05) is 24.3 Å². The SMILES string of the molecule is CCN(CC)c1ccc(C(=O)NNC(=O)CSc2n[nH]c(N)n2)cc1. The first kappa shape index (κ1) is 18.6. The molecule has 9 nitrogen and oxygen atoms in total. The fraction of sp³-hybridized carbons (Fsp3) is 0.333. The summed E-state index contributed by atoms with van der Waals surface area (Å²) < 4.78 is 0. The molecular formula is C15H21N7O2S. The monoisotopic (exact) mass is 363 g/mol. The van der Waals surface area contributed by atoms with Crippen LogP contribution in [-0.4, -0.2) is 45.8 Å². The van der Waals surface area contributed by atoms with E-state index in [2.05, 4.69) is 44.8 Å². The number of nitrogen functional groups attached to an aromatic ring is 1. The molecule has 5 N–H and O–H groups in total. The molecule has 0 unspecified atom stereocenters. The van der Waals surface area contributed by atoms with Gasteiger partial charge in [0.25, 0.3) is 5.91 Å². The molecule has 0 atom stereocenters. The molecule has 2 aromatic rings. The lowest BCUT2D eigenvalue weighted by Crippen LogP contribution is -2.42. The van der Waals surface area contributed by atoms with E-state index in [1.807, 2.05) is 12.1 Å². The van der Waals surface area contributed by atoms with Crippen LogP contribution in [0.1, 0.15) is 24.2 Å². The molecule has 0 spiro atoms. The van der Waals surface area contributed by atoms with Crippen molar-refractivity contribution in [1.29, 1.82) is 0 Å². The fourth-order valence-corrected chi connectivity index (χ4v) is 2.71. The molecule has 1 aromatic heterocycles. The molecule has 2 amide bonds. The summed E-state index contributed by atoms with van der Waals surface area (Å²) >= 11 is 1.10. The van der Waals surface area contributed by atoms with E-state index in [0.29, 0.717) is 10.7 Å². The topological polar surface area (TPSA) is 129 Å². The van der Waals surface area contributed by atoms with Gasteiger partial charge in [-0.2, -0.15) is 4.98 Å². The van der Waals surface area contributed by atoms with Crippen LogP contribution in [0.4, 0.5) is 11.6 Å². The molecule has 1 aromatic carbocycles. The first-order valence-electron chi connectivity index (χ1n) is 7.78. The Morgan fingerprint density at radius 2 is 1.88 bits per heavy atom. The lowest BCUT2D eigenvalue weighted by atomic mass is 10.2. The van der Waals surface area contributed by atoms with E-state index in [4.69, 9.17) is 5.73 Å². The number of carbonyl (C=O) groups is 2. The van der Waals surface area contributed by atoms with Crippen LogP contribution in [0.2, 0.25) is 0 Å². The Bertz CT molecular complexity index is 713. The van der Waals surface area contributed by atoms with Crippen LogP contribution in [0.3, 0.4) is 0 Å². The van der Waals surface area contributed by atoms with Gasteiger partial charge in [-0.3, -0.25) is 20.4 Å². The number of H-pyrrole nitrogens is 1. The number of benzene rings is 1. The predicted molar refractivity (Wildman–Crippen MR) is 97.1 cm³/mol. The number of hydrogen-bond donors (Lipinski definition) is 4. The van der Waals surface area contributed by atoms with Gasteiger partial charge in [-0.1, -0.05) is 11.8 Å². The highest BCUT2D eigenvalue weighted by atomic mass is 32.2. The summed E-state index contributed by atoms with van der Waals surface area (Å²) in [7, 11) is 0. The molecule has 0 saturated carbocycles. The second kappa shape index (κ2) is 8.92. The highest BCUT2D eigenvalue weighted by molar-refractivity contribution is 7.99. The van der Waals surface area contributed by atoms with Gasteiger partial charge in [0.2, 0.25) is 17.0 Å². The van der Waals surface area contributed by atoms with E-state index in [-0.39, 0.29) is 23.5 Å². The summed E-state index contributed by atoms with van der Waals surface area (Å²) in [5.74, 6) is -0.518. The Morgan fingerprint density at radius 3 is 2.44 bits per heavy atom. The maximum Gasteiger partial charge on any atom is 0.269 e. The van der Waals surface area contributed by atoms with Crippen molar-refractivity contribution >= 4 is 35.2 Å². The Labute approximate surface area is 149 Å². The third kappa shape index (κ3) is 5.38. The third-order valence-corrected chi connectivity index (χ3v) is 4.24. The number of nitrogens with one attached hydrogen (secondary N) is 3. The van der Waals surface area contributed by atoms with Crippen LogP contribution in [0, 0.1) is 0 Å². The Balaban J connectivity index is 1.80.